The van der Waals surface area contributed by atoms with E-state index in [0.717, 1.165) is 4.47 Å². The number of hydrogen-bond donors (Lipinski definition) is 1. The molecule has 2 aromatic rings. The molecule has 0 atom stereocenters. The Morgan fingerprint density at radius 1 is 1.12 bits per heavy atom. The Labute approximate surface area is 154 Å². The molecule has 0 heterocycles. The molecule has 0 fully saturated rings. The monoisotopic (exact) mass is 413 g/mol. The molecule has 0 radical (unpaired) electrons. The van der Waals surface area contributed by atoms with Gasteiger partial charge in [-0.05, 0) is 37.3 Å². The van der Waals surface area contributed by atoms with Gasteiger partial charge in [-0.2, -0.15) is 0 Å². The zero-order valence-electron chi connectivity index (χ0n) is 13.3. The molecular weight excluding hydrogens is 398 g/mol. The van der Waals surface area contributed by atoms with E-state index in [4.69, 9.17) is 25.8 Å². The van der Waals surface area contributed by atoms with E-state index in [1.807, 2.05) is 6.92 Å². The van der Waals surface area contributed by atoms with Gasteiger partial charge in [-0.15, -0.1) is 0 Å². The van der Waals surface area contributed by atoms with Crippen LogP contribution in [0, 0.1) is 0 Å². The third-order valence-corrected chi connectivity index (χ3v) is 3.79. The zero-order valence-corrected chi connectivity index (χ0v) is 15.6. The van der Waals surface area contributed by atoms with Crippen LogP contribution in [0.1, 0.15) is 6.92 Å². The molecular formula is C17H17BrClNO4. The maximum Gasteiger partial charge on any atom is 0.262 e. The van der Waals surface area contributed by atoms with E-state index in [1.54, 1.807) is 43.5 Å². The summed E-state index contributed by atoms with van der Waals surface area (Å²) < 4.78 is 16.9. The Bertz CT molecular complexity index is 724. The zero-order chi connectivity index (χ0) is 17.5. The Morgan fingerprint density at radius 3 is 2.54 bits per heavy atom. The fraction of sp³-hybridized carbons (Fsp3) is 0.235. The van der Waals surface area contributed by atoms with Crippen molar-refractivity contribution >= 4 is 39.1 Å². The normalized spacial score (nSPS) is 10.2. The molecule has 0 spiro atoms. The highest BCUT2D eigenvalue weighted by atomic mass is 79.9. The largest absolute Gasteiger partial charge is 0.493 e. The third kappa shape index (κ3) is 5.04. The number of nitrogens with one attached hydrogen (secondary N) is 1. The first-order chi connectivity index (χ1) is 11.5. The minimum absolute atomic E-state index is 0.156. The molecule has 2 aromatic carbocycles. The summed E-state index contributed by atoms with van der Waals surface area (Å²) >= 11 is 9.35. The van der Waals surface area contributed by atoms with Gasteiger partial charge < -0.3 is 19.5 Å². The first kappa shape index (κ1) is 18.4. The molecule has 1 N–H and O–H groups in total. The summed E-state index contributed by atoms with van der Waals surface area (Å²) in [5.41, 5.74) is 0.589. The van der Waals surface area contributed by atoms with Crippen LogP contribution in [0.4, 0.5) is 5.69 Å². The number of methoxy groups -OCH3 is 1. The quantitative estimate of drug-likeness (QED) is 0.723. The molecule has 0 unspecified atom stereocenters. The Hall–Kier alpha value is -1.92. The predicted molar refractivity (Wildman–Crippen MR) is 97.4 cm³/mol. The van der Waals surface area contributed by atoms with E-state index in [1.165, 1.54) is 0 Å². The molecule has 0 saturated heterocycles. The van der Waals surface area contributed by atoms with Crippen LogP contribution in [-0.2, 0) is 4.79 Å². The van der Waals surface area contributed by atoms with Crippen LogP contribution in [0.5, 0.6) is 17.2 Å². The predicted octanol–water partition coefficient (Wildman–Crippen LogP) is 4.53. The average Bonchev–Trinajstić information content (AvgIpc) is 2.55. The molecule has 2 rings (SSSR count). The van der Waals surface area contributed by atoms with Crippen LogP contribution < -0.4 is 19.5 Å². The summed E-state index contributed by atoms with van der Waals surface area (Å²) in [5.74, 6) is 1.31. The summed E-state index contributed by atoms with van der Waals surface area (Å²) in [5, 5.41) is 3.17. The first-order valence-corrected chi connectivity index (χ1v) is 8.39. The maximum absolute atomic E-state index is 12.0. The SMILES string of the molecule is CCOc1ccc(NC(=O)COc2ccc(Br)cc2Cl)cc1OC. The standard InChI is InChI=1S/C17H17BrClNO4/c1-3-23-15-7-5-12(9-16(15)22-2)20-17(21)10-24-14-6-4-11(18)8-13(14)19/h4-9H,3,10H2,1-2H3,(H,20,21). The highest BCUT2D eigenvalue weighted by molar-refractivity contribution is 9.10. The van der Waals surface area contributed by atoms with Gasteiger partial charge in [0.2, 0.25) is 0 Å². The van der Waals surface area contributed by atoms with Crippen molar-refractivity contribution in [3.63, 3.8) is 0 Å². The second-order valence-electron chi connectivity index (χ2n) is 4.71. The number of hydrogen-bond acceptors (Lipinski definition) is 4. The van der Waals surface area contributed by atoms with Gasteiger partial charge in [0.15, 0.2) is 18.1 Å². The second-order valence-corrected chi connectivity index (χ2v) is 6.03. The molecule has 0 aromatic heterocycles. The van der Waals surface area contributed by atoms with Gasteiger partial charge in [-0.1, -0.05) is 27.5 Å². The van der Waals surface area contributed by atoms with Crippen molar-refractivity contribution in [1.29, 1.82) is 0 Å². The smallest absolute Gasteiger partial charge is 0.262 e. The highest BCUT2D eigenvalue weighted by Crippen LogP contribution is 2.30. The van der Waals surface area contributed by atoms with Crippen LogP contribution in [0.2, 0.25) is 5.02 Å². The van der Waals surface area contributed by atoms with Crippen molar-refractivity contribution in [2.45, 2.75) is 6.92 Å². The van der Waals surface area contributed by atoms with Crippen molar-refractivity contribution in [3.8, 4) is 17.2 Å². The van der Waals surface area contributed by atoms with E-state index in [2.05, 4.69) is 21.2 Å². The fourth-order valence-corrected chi connectivity index (χ4v) is 2.68. The summed E-state index contributed by atoms with van der Waals surface area (Å²) in [6.07, 6.45) is 0. The molecule has 0 aliphatic heterocycles. The van der Waals surface area contributed by atoms with Gasteiger partial charge in [0.1, 0.15) is 5.75 Å². The highest BCUT2D eigenvalue weighted by Gasteiger charge is 2.10. The third-order valence-electron chi connectivity index (χ3n) is 3.00. The van der Waals surface area contributed by atoms with E-state index >= 15 is 0 Å². The lowest BCUT2D eigenvalue weighted by Crippen LogP contribution is -2.20. The van der Waals surface area contributed by atoms with Gasteiger partial charge in [0.05, 0.1) is 18.7 Å². The van der Waals surface area contributed by atoms with Gasteiger partial charge in [-0.3, -0.25) is 4.79 Å². The number of anilines is 1. The number of carbonyl (C=O) groups is 1. The number of amides is 1. The molecule has 0 aliphatic carbocycles. The molecule has 128 valence electrons. The minimum Gasteiger partial charge on any atom is -0.493 e. The minimum atomic E-state index is -0.305. The van der Waals surface area contributed by atoms with Gasteiger partial charge in [0, 0.05) is 16.2 Å². The molecule has 7 heteroatoms. The maximum atomic E-state index is 12.0. The lowest BCUT2D eigenvalue weighted by Gasteiger charge is -2.12. The summed E-state index contributed by atoms with van der Waals surface area (Å²) in [4.78, 5) is 12.0. The van der Waals surface area contributed by atoms with Crippen LogP contribution in [-0.4, -0.2) is 26.2 Å². The Kier molecular flexibility index (Phi) is 6.75. The Morgan fingerprint density at radius 2 is 1.88 bits per heavy atom. The number of rotatable bonds is 7. The van der Waals surface area contributed by atoms with Gasteiger partial charge in [-0.25, -0.2) is 0 Å². The molecule has 24 heavy (non-hydrogen) atoms. The lowest BCUT2D eigenvalue weighted by atomic mass is 10.2. The van der Waals surface area contributed by atoms with E-state index in [-0.39, 0.29) is 12.5 Å². The van der Waals surface area contributed by atoms with Crippen molar-refractivity contribution in [1.82, 2.24) is 0 Å². The fourth-order valence-electron chi connectivity index (χ4n) is 1.95. The summed E-state index contributed by atoms with van der Waals surface area (Å²) in [6.45, 7) is 2.26. The number of ether oxygens (including phenoxy) is 3. The lowest BCUT2D eigenvalue weighted by molar-refractivity contribution is -0.118. The second kappa shape index (κ2) is 8.80. The molecule has 5 nitrogen and oxygen atoms in total. The van der Waals surface area contributed by atoms with E-state index in [9.17, 15) is 4.79 Å². The number of benzene rings is 2. The molecule has 0 saturated carbocycles. The van der Waals surface area contributed by atoms with Crippen LogP contribution in [0.3, 0.4) is 0 Å². The van der Waals surface area contributed by atoms with Gasteiger partial charge in [0.25, 0.3) is 5.91 Å². The Balaban J connectivity index is 1.96. The van der Waals surface area contributed by atoms with Crippen LogP contribution >= 0.6 is 27.5 Å². The molecule has 0 bridgehead atoms. The summed E-state index contributed by atoms with van der Waals surface area (Å²) in [6, 6.07) is 10.3. The average molecular weight is 415 g/mol. The van der Waals surface area contributed by atoms with Crippen molar-refractivity contribution < 1.29 is 19.0 Å². The van der Waals surface area contributed by atoms with Crippen LogP contribution in [0.25, 0.3) is 0 Å². The number of halogens is 2. The number of carbonyl (C=O) groups excluding carboxylic acids is 1. The van der Waals surface area contributed by atoms with Crippen molar-refractivity contribution in [2.75, 3.05) is 25.6 Å². The summed E-state index contributed by atoms with van der Waals surface area (Å²) in [7, 11) is 1.54. The van der Waals surface area contributed by atoms with Crippen molar-refractivity contribution in [2.24, 2.45) is 0 Å². The molecule has 1 amide bonds. The van der Waals surface area contributed by atoms with E-state index in [0.29, 0.717) is 34.6 Å². The van der Waals surface area contributed by atoms with Crippen molar-refractivity contribution in [3.05, 3.63) is 45.9 Å². The first-order valence-electron chi connectivity index (χ1n) is 7.22. The van der Waals surface area contributed by atoms with Crippen LogP contribution in [0.15, 0.2) is 40.9 Å². The van der Waals surface area contributed by atoms with E-state index < -0.39 is 0 Å². The molecule has 0 aliphatic rings. The topological polar surface area (TPSA) is 56.8 Å². The van der Waals surface area contributed by atoms with Gasteiger partial charge >= 0.3 is 0 Å².